The minimum absolute atomic E-state index is 0.0503. The summed E-state index contributed by atoms with van der Waals surface area (Å²) in [7, 11) is 0. The van der Waals surface area contributed by atoms with Crippen LogP contribution in [0.1, 0.15) is 54.4 Å². The number of rotatable bonds is 2. The van der Waals surface area contributed by atoms with Crippen molar-refractivity contribution in [2.24, 2.45) is 0 Å². The molecule has 1 heterocycles. The largest absolute Gasteiger partial charge is 0.444 e. The summed E-state index contributed by atoms with van der Waals surface area (Å²) in [6.45, 7) is 10.9. The van der Waals surface area contributed by atoms with Gasteiger partial charge in [-0.1, -0.05) is 20.8 Å². The van der Waals surface area contributed by atoms with E-state index in [-0.39, 0.29) is 18.7 Å². The quantitative estimate of drug-likeness (QED) is 0.776. The van der Waals surface area contributed by atoms with Gasteiger partial charge in [0.15, 0.2) is 5.78 Å². The molecule has 19 heavy (non-hydrogen) atoms. The highest BCUT2D eigenvalue weighted by molar-refractivity contribution is 5.87. The topological polar surface area (TPSA) is 46.6 Å². The molecule has 5 heteroatoms. The lowest BCUT2D eigenvalue weighted by molar-refractivity contribution is -0.123. The SMILES string of the molecule is CC.CCC(=O)[C@H]1C[C@H](F)CN1C(=O)OC(C)(C)C. The minimum atomic E-state index is -1.14. The lowest BCUT2D eigenvalue weighted by atomic mass is 10.1. The first-order valence-corrected chi connectivity index (χ1v) is 6.91. The number of ether oxygens (including phenoxy) is 1. The summed E-state index contributed by atoms with van der Waals surface area (Å²) in [4.78, 5) is 24.7. The van der Waals surface area contributed by atoms with Gasteiger partial charge in [0, 0.05) is 12.8 Å². The number of amides is 1. The van der Waals surface area contributed by atoms with Crippen molar-refractivity contribution in [3.05, 3.63) is 0 Å². The summed E-state index contributed by atoms with van der Waals surface area (Å²) in [5.74, 6) is -0.115. The number of alkyl halides is 1. The highest BCUT2D eigenvalue weighted by Crippen LogP contribution is 2.24. The predicted molar refractivity (Wildman–Crippen MR) is 72.9 cm³/mol. The highest BCUT2D eigenvalue weighted by Gasteiger charge is 2.40. The molecule has 1 fully saturated rings. The first-order chi connectivity index (χ1) is 8.74. The van der Waals surface area contributed by atoms with E-state index in [9.17, 15) is 14.0 Å². The van der Waals surface area contributed by atoms with Crippen LogP contribution in [0.25, 0.3) is 0 Å². The van der Waals surface area contributed by atoms with Crippen molar-refractivity contribution in [2.45, 2.75) is 72.2 Å². The van der Waals surface area contributed by atoms with Crippen LogP contribution in [0.4, 0.5) is 9.18 Å². The second kappa shape index (κ2) is 7.46. The number of carbonyl (C=O) groups is 2. The van der Waals surface area contributed by atoms with Crippen LogP contribution >= 0.6 is 0 Å². The van der Waals surface area contributed by atoms with Gasteiger partial charge in [0.05, 0.1) is 12.6 Å². The normalized spacial score (nSPS) is 22.6. The lowest BCUT2D eigenvalue weighted by Crippen LogP contribution is -2.43. The van der Waals surface area contributed by atoms with Crippen LogP contribution in [-0.4, -0.2) is 41.1 Å². The molecule has 0 bridgehead atoms. The second-order valence-electron chi connectivity index (χ2n) is 5.30. The standard InChI is InChI=1S/C12H20FNO3.C2H6/c1-5-10(15)9-6-8(13)7-14(9)11(16)17-12(2,3)4;1-2/h8-9H,5-7H2,1-4H3;1-2H3/t8-,9+;/m0./s1. The Hall–Kier alpha value is -1.13. The maximum Gasteiger partial charge on any atom is 0.411 e. The number of halogens is 1. The third-order valence-electron chi connectivity index (χ3n) is 2.60. The number of carbonyl (C=O) groups excluding carboxylic acids is 2. The molecule has 1 rings (SSSR count). The van der Waals surface area contributed by atoms with E-state index >= 15 is 0 Å². The van der Waals surface area contributed by atoms with Gasteiger partial charge in [-0.25, -0.2) is 9.18 Å². The average Bonchev–Trinajstić information content (AvgIpc) is 2.71. The van der Waals surface area contributed by atoms with E-state index in [1.807, 2.05) is 13.8 Å². The Morgan fingerprint density at radius 1 is 1.32 bits per heavy atom. The van der Waals surface area contributed by atoms with Crippen LogP contribution in [0.5, 0.6) is 0 Å². The Bertz CT molecular complexity index is 312. The molecular formula is C14H26FNO3. The van der Waals surface area contributed by atoms with Gasteiger partial charge in [0.25, 0.3) is 0 Å². The summed E-state index contributed by atoms with van der Waals surface area (Å²) < 4.78 is 18.5. The van der Waals surface area contributed by atoms with Gasteiger partial charge < -0.3 is 4.74 Å². The van der Waals surface area contributed by atoms with Gasteiger partial charge in [-0.2, -0.15) is 0 Å². The molecule has 1 aliphatic rings. The van der Waals surface area contributed by atoms with Crippen LogP contribution in [0.15, 0.2) is 0 Å². The van der Waals surface area contributed by atoms with E-state index in [1.165, 1.54) is 4.90 Å². The summed E-state index contributed by atoms with van der Waals surface area (Å²) in [5.41, 5.74) is -0.634. The molecule has 0 N–H and O–H groups in total. The van der Waals surface area contributed by atoms with E-state index in [0.717, 1.165) is 0 Å². The number of nitrogens with zero attached hydrogens (tertiary/aromatic N) is 1. The van der Waals surface area contributed by atoms with Crippen molar-refractivity contribution in [1.82, 2.24) is 4.90 Å². The fourth-order valence-corrected chi connectivity index (χ4v) is 1.85. The molecule has 0 aromatic carbocycles. The van der Waals surface area contributed by atoms with Crippen LogP contribution < -0.4 is 0 Å². The number of hydrogen-bond donors (Lipinski definition) is 0. The van der Waals surface area contributed by atoms with Crippen molar-refractivity contribution in [3.8, 4) is 0 Å². The number of likely N-dealkylation sites (tertiary alicyclic amines) is 1. The van der Waals surface area contributed by atoms with E-state index in [0.29, 0.717) is 6.42 Å². The van der Waals surface area contributed by atoms with Gasteiger partial charge in [0.1, 0.15) is 11.8 Å². The summed E-state index contributed by atoms with van der Waals surface area (Å²) in [5, 5.41) is 0. The molecule has 4 nitrogen and oxygen atoms in total. The fourth-order valence-electron chi connectivity index (χ4n) is 1.85. The third kappa shape index (κ3) is 5.57. The molecule has 1 saturated heterocycles. The Morgan fingerprint density at radius 2 is 1.84 bits per heavy atom. The number of ketones is 1. The first kappa shape index (κ1) is 17.9. The zero-order chi connectivity index (χ0) is 15.2. The van der Waals surface area contributed by atoms with E-state index in [1.54, 1.807) is 27.7 Å². The van der Waals surface area contributed by atoms with Crippen molar-refractivity contribution >= 4 is 11.9 Å². The maximum absolute atomic E-state index is 13.3. The fraction of sp³-hybridized carbons (Fsp3) is 0.857. The zero-order valence-corrected chi connectivity index (χ0v) is 12.8. The van der Waals surface area contributed by atoms with Crippen LogP contribution in [0.3, 0.4) is 0 Å². The van der Waals surface area contributed by atoms with Crippen molar-refractivity contribution in [2.75, 3.05) is 6.54 Å². The van der Waals surface area contributed by atoms with Gasteiger partial charge in [-0.05, 0) is 20.8 Å². The summed E-state index contributed by atoms with van der Waals surface area (Å²) in [6.07, 6.45) is -1.35. The van der Waals surface area contributed by atoms with E-state index in [4.69, 9.17) is 4.74 Å². The van der Waals surface area contributed by atoms with Crippen LogP contribution in [0, 0.1) is 0 Å². The molecule has 0 spiro atoms. The number of Topliss-reactive ketones (excluding diaryl/α,β-unsaturated/α-hetero) is 1. The molecule has 0 aliphatic carbocycles. The predicted octanol–water partition coefficient (Wildman–Crippen LogP) is 3.34. The Balaban J connectivity index is 0.00000154. The minimum Gasteiger partial charge on any atom is -0.444 e. The lowest BCUT2D eigenvalue weighted by Gasteiger charge is -2.27. The molecule has 112 valence electrons. The molecule has 0 saturated carbocycles. The molecule has 0 radical (unpaired) electrons. The van der Waals surface area contributed by atoms with Gasteiger partial charge in [-0.3, -0.25) is 9.69 Å². The molecule has 2 atom stereocenters. The molecular weight excluding hydrogens is 249 g/mol. The first-order valence-electron chi connectivity index (χ1n) is 6.91. The van der Waals surface area contributed by atoms with Crippen molar-refractivity contribution in [3.63, 3.8) is 0 Å². The third-order valence-corrected chi connectivity index (χ3v) is 2.60. The van der Waals surface area contributed by atoms with Crippen molar-refractivity contribution < 1.29 is 18.7 Å². The summed E-state index contributed by atoms with van der Waals surface area (Å²) >= 11 is 0. The number of hydrogen-bond acceptors (Lipinski definition) is 3. The van der Waals surface area contributed by atoms with Gasteiger partial charge in [-0.15, -0.1) is 0 Å². The maximum atomic E-state index is 13.3. The molecule has 1 amide bonds. The Labute approximate surface area is 115 Å². The van der Waals surface area contributed by atoms with Gasteiger partial charge >= 0.3 is 6.09 Å². The van der Waals surface area contributed by atoms with Crippen LogP contribution in [-0.2, 0) is 9.53 Å². The molecule has 1 aliphatic heterocycles. The van der Waals surface area contributed by atoms with Crippen molar-refractivity contribution in [1.29, 1.82) is 0 Å². The zero-order valence-electron chi connectivity index (χ0n) is 12.8. The van der Waals surface area contributed by atoms with Crippen LogP contribution in [0.2, 0.25) is 0 Å². The Kier molecular flexibility index (Phi) is 7.01. The average molecular weight is 275 g/mol. The Morgan fingerprint density at radius 3 is 2.26 bits per heavy atom. The molecule has 0 unspecified atom stereocenters. The highest BCUT2D eigenvalue weighted by atomic mass is 19.1. The smallest absolute Gasteiger partial charge is 0.411 e. The molecule has 0 aromatic heterocycles. The van der Waals surface area contributed by atoms with Gasteiger partial charge in [0.2, 0.25) is 0 Å². The monoisotopic (exact) mass is 275 g/mol. The van der Waals surface area contributed by atoms with E-state index in [2.05, 4.69) is 0 Å². The van der Waals surface area contributed by atoms with E-state index < -0.39 is 23.9 Å². The molecule has 0 aromatic rings. The summed E-state index contributed by atoms with van der Waals surface area (Å²) in [6, 6.07) is -0.662. The second-order valence-corrected chi connectivity index (χ2v) is 5.30.